The second-order valence-corrected chi connectivity index (χ2v) is 4.17. The van der Waals surface area contributed by atoms with Crippen LogP contribution in [0.5, 0.6) is 0 Å². The first kappa shape index (κ1) is 11.6. The van der Waals surface area contributed by atoms with Crippen molar-refractivity contribution in [2.75, 3.05) is 5.43 Å². The first-order valence-electron chi connectivity index (χ1n) is 5.76. The molecule has 1 heterocycles. The number of nitrogens with zero attached hydrogens (tertiary/aromatic N) is 2. The van der Waals surface area contributed by atoms with Gasteiger partial charge in [0.2, 0.25) is 5.95 Å². The van der Waals surface area contributed by atoms with E-state index in [0.717, 1.165) is 19.3 Å². The third-order valence-electron chi connectivity index (χ3n) is 2.64. The van der Waals surface area contributed by atoms with Gasteiger partial charge in [-0.05, 0) is 32.1 Å². The Morgan fingerprint density at radius 3 is 3.18 bits per heavy atom. The molecular weight excluding hydrogens is 216 g/mol. The highest BCUT2D eigenvalue weighted by Gasteiger charge is 2.06. The number of allylic oxidation sites excluding steroid dienone is 2. The van der Waals surface area contributed by atoms with Crippen molar-refractivity contribution in [1.29, 1.82) is 0 Å². The second kappa shape index (κ2) is 5.43. The van der Waals surface area contributed by atoms with Crippen LogP contribution < -0.4 is 11.0 Å². The van der Waals surface area contributed by atoms with E-state index in [0.29, 0.717) is 17.6 Å². The van der Waals surface area contributed by atoms with Crippen LogP contribution >= 0.6 is 0 Å². The van der Waals surface area contributed by atoms with Gasteiger partial charge in [0.25, 0.3) is 5.56 Å². The molecule has 2 rings (SSSR count). The van der Waals surface area contributed by atoms with Gasteiger partial charge in [0.05, 0.1) is 0 Å². The van der Waals surface area contributed by atoms with Crippen molar-refractivity contribution in [2.45, 2.75) is 26.2 Å². The van der Waals surface area contributed by atoms with E-state index in [1.165, 1.54) is 6.07 Å². The fraction of sp³-hybridized carbons (Fsp3) is 0.417. The molecule has 0 aliphatic heterocycles. The Hall–Kier alpha value is -1.91. The highest BCUT2D eigenvalue weighted by Crippen LogP contribution is 2.15. The van der Waals surface area contributed by atoms with E-state index in [2.05, 4.69) is 32.6 Å². The largest absolute Gasteiger partial charge is 0.291 e. The molecule has 0 bridgehead atoms. The van der Waals surface area contributed by atoms with Gasteiger partial charge in [0, 0.05) is 18.0 Å². The van der Waals surface area contributed by atoms with Gasteiger partial charge in [-0.2, -0.15) is 5.10 Å². The van der Waals surface area contributed by atoms with Crippen LogP contribution in [0.15, 0.2) is 28.1 Å². The topological polar surface area (TPSA) is 70.1 Å². The molecule has 1 aromatic rings. The maximum absolute atomic E-state index is 11.2. The van der Waals surface area contributed by atoms with Crippen molar-refractivity contribution in [3.8, 4) is 0 Å². The monoisotopic (exact) mass is 232 g/mol. The maximum atomic E-state index is 11.2. The first-order chi connectivity index (χ1) is 8.24. The number of anilines is 1. The van der Waals surface area contributed by atoms with Crippen molar-refractivity contribution >= 4 is 12.2 Å². The molecule has 2 N–H and O–H groups in total. The molecule has 1 aliphatic rings. The summed E-state index contributed by atoms with van der Waals surface area (Å²) >= 11 is 0. The average Bonchev–Trinajstić information content (AvgIpc) is 2.29. The third-order valence-corrected chi connectivity index (χ3v) is 2.64. The Morgan fingerprint density at radius 1 is 1.59 bits per heavy atom. The predicted octanol–water partition coefficient (Wildman–Crippen LogP) is 1.83. The number of hydrazone groups is 1. The number of hydrogen-bond donors (Lipinski definition) is 2. The van der Waals surface area contributed by atoms with Crippen LogP contribution in [0, 0.1) is 12.8 Å². The average molecular weight is 232 g/mol. The quantitative estimate of drug-likeness (QED) is 0.474. The fourth-order valence-electron chi connectivity index (χ4n) is 1.79. The summed E-state index contributed by atoms with van der Waals surface area (Å²) in [5, 5.41) is 4.11. The summed E-state index contributed by atoms with van der Waals surface area (Å²) in [6.45, 7) is 1.77. The Bertz CT molecular complexity index is 490. The Labute approximate surface area is 99.7 Å². The molecular formula is C12H16N4O. The lowest BCUT2D eigenvalue weighted by Crippen LogP contribution is -2.11. The summed E-state index contributed by atoms with van der Waals surface area (Å²) in [6.07, 6.45) is 9.51. The standard InChI is InChI=1S/C12H16N4O/c1-9-7-11(17)15-12(14-9)16-13-8-10-5-3-2-4-6-10/h2-3,7-8,10H,4-6H2,1H3,(H2,14,15,16,17). The van der Waals surface area contributed by atoms with Gasteiger partial charge in [-0.3, -0.25) is 9.78 Å². The summed E-state index contributed by atoms with van der Waals surface area (Å²) in [6, 6.07) is 1.45. The Kier molecular flexibility index (Phi) is 3.69. The molecule has 0 radical (unpaired) electrons. The van der Waals surface area contributed by atoms with E-state index in [4.69, 9.17) is 0 Å². The lowest BCUT2D eigenvalue weighted by molar-refractivity contribution is 0.627. The van der Waals surface area contributed by atoms with Crippen LogP contribution in [0.1, 0.15) is 25.0 Å². The minimum absolute atomic E-state index is 0.171. The van der Waals surface area contributed by atoms with Crippen LogP contribution in [0.2, 0.25) is 0 Å². The lowest BCUT2D eigenvalue weighted by Gasteiger charge is -2.11. The molecule has 5 nitrogen and oxygen atoms in total. The van der Waals surface area contributed by atoms with Crippen LogP contribution in [0.25, 0.3) is 0 Å². The van der Waals surface area contributed by atoms with Crippen LogP contribution in [-0.4, -0.2) is 16.2 Å². The minimum atomic E-state index is -0.171. The Balaban J connectivity index is 1.94. The van der Waals surface area contributed by atoms with Gasteiger partial charge >= 0.3 is 0 Å². The molecule has 0 fully saturated rings. The van der Waals surface area contributed by atoms with E-state index in [-0.39, 0.29) is 5.56 Å². The number of aromatic nitrogens is 2. The van der Waals surface area contributed by atoms with Gasteiger partial charge in [-0.25, -0.2) is 10.4 Å². The highest BCUT2D eigenvalue weighted by atomic mass is 16.1. The van der Waals surface area contributed by atoms with Crippen LogP contribution in [0.3, 0.4) is 0 Å². The van der Waals surface area contributed by atoms with Crippen molar-refractivity contribution in [3.63, 3.8) is 0 Å². The van der Waals surface area contributed by atoms with Gasteiger partial charge < -0.3 is 0 Å². The fourth-order valence-corrected chi connectivity index (χ4v) is 1.79. The third kappa shape index (κ3) is 3.55. The molecule has 1 unspecified atom stereocenters. The van der Waals surface area contributed by atoms with E-state index in [9.17, 15) is 4.79 Å². The predicted molar refractivity (Wildman–Crippen MR) is 68.2 cm³/mol. The number of rotatable bonds is 3. The summed E-state index contributed by atoms with van der Waals surface area (Å²) in [5.41, 5.74) is 3.25. The number of H-pyrrole nitrogens is 1. The molecule has 90 valence electrons. The number of nitrogens with one attached hydrogen (secondary N) is 2. The van der Waals surface area contributed by atoms with Crippen molar-refractivity contribution < 1.29 is 0 Å². The van der Waals surface area contributed by atoms with Crippen molar-refractivity contribution in [3.05, 3.63) is 34.3 Å². The van der Waals surface area contributed by atoms with Crippen molar-refractivity contribution in [1.82, 2.24) is 9.97 Å². The minimum Gasteiger partial charge on any atom is -0.291 e. The molecule has 17 heavy (non-hydrogen) atoms. The van der Waals surface area contributed by atoms with Gasteiger partial charge in [-0.1, -0.05) is 12.2 Å². The number of aromatic amines is 1. The second-order valence-electron chi connectivity index (χ2n) is 4.17. The van der Waals surface area contributed by atoms with E-state index >= 15 is 0 Å². The van der Waals surface area contributed by atoms with Gasteiger partial charge in [0.15, 0.2) is 0 Å². The summed E-state index contributed by atoms with van der Waals surface area (Å²) in [7, 11) is 0. The smallest absolute Gasteiger partial charge is 0.252 e. The Morgan fingerprint density at radius 2 is 2.47 bits per heavy atom. The SMILES string of the molecule is Cc1cc(=O)[nH]c(NN=CC2CC=CCC2)n1. The molecule has 1 atom stereocenters. The number of aryl methyl sites for hydroxylation is 1. The van der Waals surface area contributed by atoms with E-state index in [1.807, 2.05) is 6.21 Å². The van der Waals surface area contributed by atoms with Crippen LogP contribution in [0.4, 0.5) is 5.95 Å². The van der Waals surface area contributed by atoms with Gasteiger partial charge in [0.1, 0.15) is 0 Å². The summed E-state index contributed by atoms with van der Waals surface area (Å²) < 4.78 is 0. The molecule has 5 heteroatoms. The molecule has 1 aliphatic carbocycles. The zero-order valence-electron chi connectivity index (χ0n) is 9.81. The molecule has 0 aromatic carbocycles. The lowest BCUT2D eigenvalue weighted by atomic mass is 9.96. The highest BCUT2D eigenvalue weighted by molar-refractivity contribution is 5.62. The zero-order valence-corrected chi connectivity index (χ0v) is 9.81. The summed E-state index contributed by atoms with van der Waals surface area (Å²) in [5.74, 6) is 0.863. The first-order valence-corrected chi connectivity index (χ1v) is 5.76. The zero-order chi connectivity index (χ0) is 12.1. The molecule has 0 saturated carbocycles. The number of hydrogen-bond acceptors (Lipinski definition) is 4. The molecule has 0 spiro atoms. The van der Waals surface area contributed by atoms with Crippen molar-refractivity contribution in [2.24, 2.45) is 11.0 Å². The van der Waals surface area contributed by atoms with E-state index in [1.54, 1.807) is 6.92 Å². The summed E-state index contributed by atoms with van der Waals surface area (Å²) in [4.78, 5) is 17.9. The normalized spacial score (nSPS) is 19.7. The van der Waals surface area contributed by atoms with E-state index < -0.39 is 0 Å². The van der Waals surface area contributed by atoms with Gasteiger partial charge in [-0.15, -0.1) is 0 Å². The van der Waals surface area contributed by atoms with Crippen LogP contribution in [-0.2, 0) is 0 Å². The molecule has 0 saturated heterocycles. The maximum Gasteiger partial charge on any atom is 0.252 e. The molecule has 1 aromatic heterocycles. The molecule has 0 amide bonds.